The molecule has 0 aliphatic rings. The summed E-state index contributed by atoms with van der Waals surface area (Å²) in [5.41, 5.74) is 0.140. The minimum absolute atomic E-state index is 0.0103. The fourth-order valence-corrected chi connectivity index (χ4v) is 2.11. The van der Waals surface area contributed by atoms with E-state index in [4.69, 9.17) is 0 Å². The van der Waals surface area contributed by atoms with Gasteiger partial charge in [-0.25, -0.2) is 0 Å². The topological polar surface area (TPSA) is 87.3 Å². The fraction of sp³-hybridized carbons (Fsp3) is 0.842. The van der Waals surface area contributed by atoms with Crippen LogP contribution in [0.15, 0.2) is 0 Å². The summed E-state index contributed by atoms with van der Waals surface area (Å²) >= 11 is 0. The lowest BCUT2D eigenvalue weighted by Gasteiger charge is -2.22. The molecule has 3 amide bonds. The van der Waals surface area contributed by atoms with E-state index in [9.17, 15) is 14.4 Å². The van der Waals surface area contributed by atoms with Crippen LogP contribution < -0.4 is 16.0 Å². The molecule has 0 heterocycles. The first-order valence-electron chi connectivity index (χ1n) is 9.41. The summed E-state index contributed by atoms with van der Waals surface area (Å²) in [6.07, 6.45) is 3.14. The van der Waals surface area contributed by atoms with E-state index in [0.717, 1.165) is 12.8 Å². The first-order chi connectivity index (χ1) is 11.6. The zero-order valence-electron chi connectivity index (χ0n) is 16.8. The maximum Gasteiger partial charge on any atom is 0.242 e. The summed E-state index contributed by atoms with van der Waals surface area (Å²) in [5, 5.41) is 8.52. The molecule has 0 aliphatic carbocycles. The summed E-state index contributed by atoms with van der Waals surface area (Å²) in [7, 11) is 0. The molecule has 25 heavy (non-hydrogen) atoms. The molecule has 0 saturated heterocycles. The van der Waals surface area contributed by atoms with E-state index < -0.39 is 6.04 Å². The SMILES string of the molecule is CCCNC(=O)CCCC(NC(=O)C(C)C)C(=O)NCCC(C)(C)C. The molecule has 0 spiro atoms. The Kier molecular flexibility index (Phi) is 11.1. The zero-order valence-corrected chi connectivity index (χ0v) is 16.8. The Hall–Kier alpha value is -1.59. The maximum atomic E-state index is 12.4. The van der Waals surface area contributed by atoms with Crippen molar-refractivity contribution in [1.29, 1.82) is 0 Å². The Morgan fingerprint density at radius 2 is 1.60 bits per heavy atom. The molecule has 0 radical (unpaired) electrons. The molecule has 6 heteroatoms. The van der Waals surface area contributed by atoms with Crippen LogP contribution in [0.25, 0.3) is 0 Å². The summed E-state index contributed by atoms with van der Waals surface area (Å²) in [6, 6.07) is -0.589. The van der Waals surface area contributed by atoms with Crippen LogP contribution in [-0.4, -0.2) is 36.9 Å². The second-order valence-electron chi connectivity index (χ2n) is 8.06. The summed E-state index contributed by atoms with van der Waals surface area (Å²) in [5.74, 6) is -0.514. The maximum absolute atomic E-state index is 12.4. The average molecular weight is 356 g/mol. The van der Waals surface area contributed by atoms with Gasteiger partial charge in [-0.2, -0.15) is 0 Å². The van der Waals surface area contributed by atoms with E-state index >= 15 is 0 Å². The molecule has 3 N–H and O–H groups in total. The molecule has 1 atom stereocenters. The van der Waals surface area contributed by atoms with Gasteiger partial charge in [0.25, 0.3) is 0 Å². The number of hydrogen-bond acceptors (Lipinski definition) is 3. The minimum atomic E-state index is -0.589. The van der Waals surface area contributed by atoms with Crippen LogP contribution in [-0.2, 0) is 14.4 Å². The molecule has 1 unspecified atom stereocenters. The highest BCUT2D eigenvalue weighted by Gasteiger charge is 2.22. The van der Waals surface area contributed by atoms with Crippen molar-refractivity contribution < 1.29 is 14.4 Å². The van der Waals surface area contributed by atoms with Crippen molar-refractivity contribution in [3.8, 4) is 0 Å². The van der Waals surface area contributed by atoms with Gasteiger partial charge in [0.15, 0.2) is 0 Å². The highest BCUT2D eigenvalue weighted by atomic mass is 16.2. The van der Waals surface area contributed by atoms with Crippen molar-refractivity contribution in [2.75, 3.05) is 13.1 Å². The molecule has 0 rings (SSSR count). The predicted octanol–water partition coefficient (Wildman–Crippen LogP) is 2.38. The monoisotopic (exact) mass is 355 g/mol. The second kappa shape index (κ2) is 11.9. The molecule has 0 fully saturated rings. The van der Waals surface area contributed by atoms with Gasteiger partial charge in [0.2, 0.25) is 17.7 Å². The second-order valence-corrected chi connectivity index (χ2v) is 8.06. The summed E-state index contributed by atoms with van der Waals surface area (Å²) < 4.78 is 0. The highest BCUT2D eigenvalue weighted by molar-refractivity contribution is 5.88. The third-order valence-corrected chi connectivity index (χ3v) is 3.80. The smallest absolute Gasteiger partial charge is 0.242 e. The van der Waals surface area contributed by atoms with E-state index in [1.165, 1.54) is 0 Å². The van der Waals surface area contributed by atoms with Crippen molar-refractivity contribution in [2.24, 2.45) is 11.3 Å². The van der Waals surface area contributed by atoms with Gasteiger partial charge in [-0.3, -0.25) is 14.4 Å². The van der Waals surface area contributed by atoms with Gasteiger partial charge in [-0.05, 0) is 31.1 Å². The van der Waals surface area contributed by atoms with Gasteiger partial charge in [-0.15, -0.1) is 0 Å². The van der Waals surface area contributed by atoms with Gasteiger partial charge in [0.05, 0.1) is 0 Å². The number of hydrogen-bond donors (Lipinski definition) is 3. The molecule has 6 nitrogen and oxygen atoms in total. The summed E-state index contributed by atoms with van der Waals surface area (Å²) in [6.45, 7) is 13.2. The molecule has 0 aliphatic heterocycles. The van der Waals surface area contributed by atoms with E-state index in [0.29, 0.717) is 32.4 Å². The van der Waals surface area contributed by atoms with Gasteiger partial charge >= 0.3 is 0 Å². The zero-order chi connectivity index (χ0) is 19.5. The van der Waals surface area contributed by atoms with Gasteiger partial charge in [-0.1, -0.05) is 41.5 Å². The fourth-order valence-electron chi connectivity index (χ4n) is 2.11. The molecule has 0 saturated carbocycles. The first kappa shape index (κ1) is 23.4. The van der Waals surface area contributed by atoms with Crippen molar-refractivity contribution in [1.82, 2.24) is 16.0 Å². The Labute approximate surface area is 152 Å². The largest absolute Gasteiger partial charge is 0.356 e. The normalized spacial score (nSPS) is 12.6. The van der Waals surface area contributed by atoms with Crippen LogP contribution in [0.5, 0.6) is 0 Å². The molecule has 0 bridgehead atoms. The lowest BCUT2D eigenvalue weighted by molar-refractivity contribution is -0.130. The van der Waals surface area contributed by atoms with Crippen LogP contribution in [0.4, 0.5) is 0 Å². The Morgan fingerprint density at radius 3 is 2.12 bits per heavy atom. The third-order valence-electron chi connectivity index (χ3n) is 3.80. The first-order valence-corrected chi connectivity index (χ1v) is 9.41. The number of carbonyl (C=O) groups is 3. The molecular formula is C19H37N3O3. The van der Waals surface area contributed by atoms with Crippen molar-refractivity contribution >= 4 is 17.7 Å². The van der Waals surface area contributed by atoms with Crippen LogP contribution in [0.1, 0.15) is 73.6 Å². The van der Waals surface area contributed by atoms with Crippen LogP contribution in [0.2, 0.25) is 0 Å². The van der Waals surface area contributed by atoms with Crippen molar-refractivity contribution in [3.05, 3.63) is 0 Å². The molecule has 0 aromatic carbocycles. The lowest BCUT2D eigenvalue weighted by Crippen LogP contribution is -2.48. The average Bonchev–Trinajstić information content (AvgIpc) is 2.50. The van der Waals surface area contributed by atoms with E-state index in [1.54, 1.807) is 13.8 Å². The van der Waals surface area contributed by atoms with Crippen LogP contribution >= 0.6 is 0 Å². The Morgan fingerprint density at radius 1 is 0.960 bits per heavy atom. The van der Waals surface area contributed by atoms with Gasteiger partial charge < -0.3 is 16.0 Å². The molecular weight excluding hydrogens is 318 g/mol. The van der Waals surface area contributed by atoms with E-state index in [-0.39, 0.29) is 29.1 Å². The quantitative estimate of drug-likeness (QED) is 0.532. The van der Waals surface area contributed by atoms with Crippen LogP contribution in [0, 0.1) is 11.3 Å². The highest BCUT2D eigenvalue weighted by Crippen LogP contribution is 2.17. The predicted molar refractivity (Wildman–Crippen MR) is 101 cm³/mol. The Balaban J connectivity index is 4.51. The Bertz CT molecular complexity index is 428. The lowest BCUT2D eigenvalue weighted by atomic mass is 9.92. The number of amides is 3. The van der Waals surface area contributed by atoms with E-state index in [2.05, 4.69) is 36.7 Å². The summed E-state index contributed by atoms with van der Waals surface area (Å²) in [4.78, 5) is 36.0. The molecule has 0 aromatic heterocycles. The van der Waals surface area contributed by atoms with Crippen LogP contribution in [0.3, 0.4) is 0 Å². The number of nitrogens with one attached hydrogen (secondary N) is 3. The van der Waals surface area contributed by atoms with Crippen molar-refractivity contribution in [3.63, 3.8) is 0 Å². The standard InChI is InChI=1S/C19H37N3O3/c1-7-12-20-16(23)10-8-9-15(22-17(24)14(2)3)18(25)21-13-11-19(4,5)6/h14-15H,7-13H2,1-6H3,(H,20,23)(H,21,25)(H,22,24). The van der Waals surface area contributed by atoms with Gasteiger partial charge in [0, 0.05) is 25.4 Å². The van der Waals surface area contributed by atoms with E-state index in [1.807, 2.05) is 6.92 Å². The molecule has 146 valence electrons. The molecule has 0 aromatic rings. The third kappa shape index (κ3) is 12.4. The van der Waals surface area contributed by atoms with Crippen molar-refractivity contribution in [2.45, 2.75) is 79.7 Å². The minimum Gasteiger partial charge on any atom is -0.356 e. The number of rotatable bonds is 11. The number of carbonyl (C=O) groups excluding carboxylic acids is 3. The van der Waals surface area contributed by atoms with Gasteiger partial charge in [0.1, 0.15) is 6.04 Å².